The molecular formula is C14H13FN2O2. The van der Waals surface area contributed by atoms with E-state index >= 15 is 0 Å². The van der Waals surface area contributed by atoms with Gasteiger partial charge in [0.05, 0.1) is 4.92 Å². The van der Waals surface area contributed by atoms with Crippen LogP contribution >= 0.6 is 0 Å². The second kappa shape index (κ2) is 5.48. The van der Waals surface area contributed by atoms with Gasteiger partial charge in [-0.1, -0.05) is 12.1 Å². The fraction of sp³-hybridized carbons (Fsp3) is 0.143. The Kier molecular flexibility index (Phi) is 3.75. The van der Waals surface area contributed by atoms with Crippen molar-refractivity contribution in [1.82, 2.24) is 0 Å². The third kappa shape index (κ3) is 3.51. The Morgan fingerprint density at radius 2 is 1.89 bits per heavy atom. The molecule has 0 fully saturated rings. The van der Waals surface area contributed by atoms with E-state index in [1.807, 2.05) is 13.0 Å². The minimum absolute atomic E-state index is 0.0605. The zero-order valence-corrected chi connectivity index (χ0v) is 10.4. The van der Waals surface area contributed by atoms with Crippen molar-refractivity contribution in [3.05, 3.63) is 69.5 Å². The van der Waals surface area contributed by atoms with Gasteiger partial charge >= 0.3 is 0 Å². The first-order valence-electron chi connectivity index (χ1n) is 5.79. The van der Waals surface area contributed by atoms with Crippen molar-refractivity contribution in [3.8, 4) is 0 Å². The second-order valence-corrected chi connectivity index (χ2v) is 4.29. The number of nitrogens with one attached hydrogen (secondary N) is 1. The zero-order chi connectivity index (χ0) is 13.8. The highest BCUT2D eigenvalue weighted by molar-refractivity contribution is 5.46. The molecule has 2 rings (SSSR count). The molecule has 4 nitrogen and oxygen atoms in total. The average molecular weight is 260 g/mol. The van der Waals surface area contributed by atoms with E-state index in [0.29, 0.717) is 12.2 Å². The molecule has 0 radical (unpaired) electrons. The van der Waals surface area contributed by atoms with Crippen LogP contribution in [0.2, 0.25) is 0 Å². The fourth-order valence-corrected chi connectivity index (χ4v) is 1.78. The highest BCUT2D eigenvalue weighted by Gasteiger charge is 2.04. The Morgan fingerprint density at radius 3 is 2.47 bits per heavy atom. The Labute approximate surface area is 110 Å². The molecule has 0 aliphatic heterocycles. The van der Waals surface area contributed by atoms with Crippen molar-refractivity contribution in [2.24, 2.45) is 0 Å². The molecule has 0 unspecified atom stereocenters. The van der Waals surface area contributed by atoms with Gasteiger partial charge in [0.25, 0.3) is 5.69 Å². The number of nitro benzene ring substituents is 1. The molecule has 5 heteroatoms. The van der Waals surface area contributed by atoms with E-state index in [1.165, 1.54) is 24.3 Å². The van der Waals surface area contributed by atoms with Crippen molar-refractivity contribution >= 4 is 11.4 Å². The number of hydrogen-bond donors (Lipinski definition) is 1. The lowest BCUT2D eigenvalue weighted by atomic mass is 10.2. The number of halogens is 1. The van der Waals surface area contributed by atoms with Crippen molar-refractivity contribution in [3.63, 3.8) is 0 Å². The molecule has 0 aliphatic rings. The topological polar surface area (TPSA) is 55.2 Å². The molecule has 0 saturated heterocycles. The molecule has 98 valence electrons. The van der Waals surface area contributed by atoms with Crippen molar-refractivity contribution in [2.75, 3.05) is 5.32 Å². The van der Waals surface area contributed by atoms with Gasteiger partial charge < -0.3 is 5.32 Å². The highest BCUT2D eigenvalue weighted by Crippen LogP contribution is 2.16. The predicted octanol–water partition coefficient (Wildman–Crippen LogP) is 3.65. The van der Waals surface area contributed by atoms with E-state index in [9.17, 15) is 14.5 Å². The first-order chi connectivity index (χ1) is 9.04. The summed E-state index contributed by atoms with van der Waals surface area (Å²) >= 11 is 0. The van der Waals surface area contributed by atoms with Crippen molar-refractivity contribution in [2.45, 2.75) is 13.5 Å². The Hall–Kier alpha value is -2.43. The molecule has 0 atom stereocenters. The molecule has 2 aromatic carbocycles. The summed E-state index contributed by atoms with van der Waals surface area (Å²) in [5.41, 5.74) is 2.49. The number of non-ortho nitro benzene ring substituents is 1. The van der Waals surface area contributed by atoms with Crippen LogP contribution in [0.1, 0.15) is 11.1 Å². The smallest absolute Gasteiger partial charge is 0.269 e. The van der Waals surface area contributed by atoms with E-state index in [1.54, 1.807) is 12.1 Å². The lowest BCUT2D eigenvalue weighted by Gasteiger charge is -2.07. The monoisotopic (exact) mass is 260 g/mol. The molecule has 0 spiro atoms. The minimum atomic E-state index is -0.437. The summed E-state index contributed by atoms with van der Waals surface area (Å²) in [6.07, 6.45) is 0. The summed E-state index contributed by atoms with van der Waals surface area (Å²) in [4.78, 5) is 10.1. The lowest BCUT2D eigenvalue weighted by molar-refractivity contribution is -0.384. The largest absolute Gasteiger partial charge is 0.381 e. The summed E-state index contributed by atoms with van der Waals surface area (Å²) in [7, 11) is 0. The van der Waals surface area contributed by atoms with E-state index in [0.717, 1.165) is 11.1 Å². The van der Waals surface area contributed by atoms with Gasteiger partial charge in [0, 0.05) is 24.4 Å². The molecule has 1 N–H and O–H groups in total. The molecule has 0 saturated carbocycles. The number of benzene rings is 2. The zero-order valence-electron chi connectivity index (χ0n) is 10.4. The van der Waals surface area contributed by atoms with Crippen LogP contribution in [-0.2, 0) is 6.54 Å². The summed E-state index contributed by atoms with van der Waals surface area (Å²) in [6.45, 7) is 2.31. The van der Waals surface area contributed by atoms with Crippen LogP contribution in [0.4, 0.5) is 15.8 Å². The maximum absolute atomic E-state index is 13.2. The number of hydrogen-bond acceptors (Lipinski definition) is 3. The van der Waals surface area contributed by atoms with Gasteiger partial charge in [-0.2, -0.15) is 0 Å². The SMILES string of the molecule is Cc1cc(F)cc(NCc2ccc([N+](=O)[O-])cc2)c1. The molecule has 0 amide bonds. The van der Waals surface area contributed by atoms with Crippen LogP contribution in [0.15, 0.2) is 42.5 Å². The number of anilines is 1. The third-order valence-electron chi connectivity index (χ3n) is 2.69. The molecule has 0 aliphatic carbocycles. The molecule has 19 heavy (non-hydrogen) atoms. The van der Waals surface area contributed by atoms with E-state index in [2.05, 4.69) is 5.32 Å². The number of rotatable bonds is 4. The third-order valence-corrected chi connectivity index (χ3v) is 2.69. The Balaban J connectivity index is 2.03. The summed E-state index contributed by atoms with van der Waals surface area (Å²) < 4.78 is 13.2. The van der Waals surface area contributed by atoms with E-state index in [4.69, 9.17) is 0 Å². The summed E-state index contributed by atoms with van der Waals surface area (Å²) in [5.74, 6) is -0.286. The Morgan fingerprint density at radius 1 is 1.21 bits per heavy atom. The molecule has 0 heterocycles. The van der Waals surface area contributed by atoms with Crippen LogP contribution in [0.25, 0.3) is 0 Å². The summed E-state index contributed by atoms with van der Waals surface area (Å²) in [5, 5.41) is 13.6. The van der Waals surface area contributed by atoms with Gasteiger partial charge in [0.2, 0.25) is 0 Å². The maximum atomic E-state index is 13.2. The molecule has 0 bridgehead atoms. The normalized spacial score (nSPS) is 10.2. The van der Waals surface area contributed by atoms with Gasteiger partial charge in [0.15, 0.2) is 0 Å². The average Bonchev–Trinajstić information content (AvgIpc) is 2.36. The van der Waals surface area contributed by atoms with Gasteiger partial charge in [-0.15, -0.1) is 0 Å². The van der Waals surface area contributed by atoms with Crippen molar-refractivity contribution in [1.29, 1.82) is 0 Å². The van der Waals surface area contributed by atoms with Gasteiger partial charge in [0.1, 0.15) is 5.82 Å². The van der Waals surface area contributed by atoms with E-state index < -0.39 is 4.92 Å². The number of nitro groups is 1. The van der Waals surface area contributed by atoms with Gasteiger partial charge in [-0.05, 0) is 36.2 Å². The van der Waals surface area contributed by atoms with Gasteiger partial charge in [-0.3, -0.25) is 10.1 Å². The predicted molar refractivity (Wildman–Crippen MR) is 71.6 cm³/mol. The van der Waals surface area contributed by atoms with Crippen LogP contribution in [-0.4, -0.2) is 4.92 Å². The van der Waals surface area contributed by atoms with E-state index in [-0.39, 0.29) is 11.5 Å². The van der Waals surface area contributed by atoms with Gasteiger partial charge in [-0.25, -0.2) is 4.39 Å². The molecular weight excluding hydrogens is 247 g/mol. The second-order valence-electron chi connectivity index (χ2n) is 4.29. The Bertz CT molecular complexity index is 577. The fourth-order valence-electron chi connectivity index (χ4n) is 1.78. The number of nitrogens with zero attached hydrogens (tertiary/aromatic N) is 1. The van der Waals surface area contributed by atoms with Crippen LogP contribution in [0.5, 0.6) is 0 Å². The first kappa shape index (κ1) is 13.0. The lowest BCUT2D eigenvalue weighted by Crippen LogP contribution is -2.00. The molecule has 0 aromatic heterocycles. The van der Waals surface area contributed by atoms with Crippen molar-refractivity contribution < 1.29 is 9.31 Å². The summed E-state index contributed by atoms with van der Waals surface area (Å²) in [6, 6.07) is 11.0. The van der Waals surface area contributed by atoms with Crippen LogP contribution < -0.4 is 5.32 Å². The first-order valence-corrected chi connectivity index (χ1v) is 5.79. The standard InChI is InChI=1S/C14H13FN2O2/c1-10-6-12(15)8-13(7-10)16-9-11-2-4-14(5-3-11)17(18)19/h2-8,16H,9H2,1H3. The van der Waals surface area contributed by atoms with Crippen LogP contribution in [0, 0.1) is 22.9 Å². The highest BCUT2D eigenvalue weighted by atomic mass is 19.1. The maximum Gasteiger partial charge on any atom is 0.269 e. The number of aryl methyl sites for hydroxylation is 1. The minimum Gasteiger partial charge on any atom is -0.381 e. The quantitative estimate of drug-likeness (QED) is 0.674. The molecule has 2 aromatic rings. The van der Waals surface area contributed by atoms with Crippen LogP contribution in [0.3, 0.4) is 0 Å².